The molecule has 0 unspecified atom stereocenters. The van der Waals surface area contributed by atoms with E-state index < -0.39 is 10.0 Å². The maximum Gasteiger partial charge on any atom is 0.244 e. The predicted octanol–water partition coefficient (Wildman–Crippen LogP) is 1.98. The molecule has 1 saturated carbocycles. The van der Waals surface area contributed by atoms with Crippen LogP contribution in [0.1, 0.15) is 25.3 Å². The van der Waals surface area contributed by atoms with Crippen LogP contribution in [0.5, 0.6) is 0 Å². The minimum Gasteiger partial charge on any atom is -0.207 e. The Morgan fingerprint density at radius 3 is 2.56 bits per heavy atom. The number of nitrogens with zero attached hydrogens (tertiary/aromatic N) is 2. The van der Waals surface area contributed by atoms with Crippen LogP contribution in [0.3, 0.4) is 0 Å². The van der Waals surface area contributed by atoms with E-state index in [4.69, 9.17) is 5.26 Å². The fourth-order valence-electron chi connectivity index (χ4n) is 2.03. The lowest BCUT2D eigenvalue weighted by atomic mass is 10.2. The molecule has 1 aromatic rings. The summed E-state index contributed by atoms with van der Waals surface area (Å²) in [6, 6.07) is 8.25. The maximum atomic E-state index is 12.5. The molecule has 0 heterocycles. The van der Waals surface area contributed by atoms with E-state index in [1.54, 1.807) is 19.2 Å². The van der Waals surface area contributed by atoms with E-state index in [0.29, 0.717) is 5.92 Å². The molecular formula is C13H16N2O2S. The molecule has 18 heavy (non-hydrogen) atoms. The first kappa shape index (κ1) is 13.1. The summed E-state index contributed by atoms with van der Waals surface area (Å²) in [5, 5.41) is 8.99. The van der Waals surface area contributed by atoms with Crippen molar-refractivity contribution in [2.24, 2.45) is 5.92 Å². The molecule has 1 aromatic carbocycles. The van der Waals surface area contributed by atoms with Gasteiger partial charge >= 0.3 is 0 Å². The van der Waals surface area contributed by atoms with Gasteiger partial charge in [0, 0.05) is 13.1 Å². The van der Waals surface area contributed by atoms with E-state index in [9.17, 15) is 8.42 Å². The van der Waals surface area contributed by atoms with Crippen LogP contribution in [-0.2, 0) is 10.0 Å². The summed E-state index contributed by atoms with van der Waals surface area (Å²) in [6.45, 7) is 1.92. The lowest BCUT2D eigenvalue weighted by molar-refractivity contribution is 0.357. The molecule has 2 rings (SSSR count). The van der Waals surface area contributed by atoms with E-state index in [-0.39, 0.29) is 16.5 Å². The molecule has 0 spiro atoms. The van der Waals surface area contributed by atoms with Gasteiger partial charge in [0.15, 0.2) is 0 Å². The Morgan fingerprint density at radius 1 is 1.39 bits per heavy atom. The number of hydrogen-bond donors (Lipinski definition) is 0. The van der Waals surface area contributed by atoms with Crippen molar-refractivity contribution in [3.63, 3.8) is 0 Å². The van der Waals surface area contributed by atoms with Crippen molar-refractivity contribution >= 4 is 10.0 Å². The van der Waals surface area contributed by atoms with Crippen molar-refractivity contribution in [2.75, 3.05) is 7.05 Å². The Morgan fingerprint density at radius 2 is 2.00 bits per heavy atom. The molecule has 0 bridgehead atoms. The van der Waals surface area contributed by atoms with Crippen molar-refractivity contribution in [3.8, 4) is 6.07 Å². The second kappa shape index (κ2) is 4.71. The summed E-state index contributed by atoms with van der Waals surface area (Å²) < 4.78 is 26.3. The Labute approximate surface area is 108 Å². The van der Waals surface area contributed by atoms with Crippen LogP contribution in [-0.4, -0.2) is 25.8 Å². The zero-order valence-corrected chi connectivity index (χ0v) is 11.3. The van der Waals surface area contributed by atoms with Gasteiger partial charge in [0.2, 0.25) is 10.0 Å². The molecular weight excluding hydrogens is 248 g/mol. The van der Waals surface area contributed by atoms with E-state index in [1.807, 2.05) is 13.0 Å². The normalized spacial score (nSPS) is 17.4. The zero-order valence-electron chi connectivity index (χ0n) is 10.5. The predicted molar refractivity (Wildman–Crippen MR) is 68.3 cm³/mol. The molecule has 0 saturated heterocycles. The Hall–Kier alpha value is -1.38. The number of nitriles is 1. The summed E-state index contributed by atoms with van der Waals surface area (Å²) in [4.78, 5) is 0.0995. The van der Waals surface area contributed by atoms with Gasteiger partial charge in [-0.25, -0.2) is 8.42 Å². The molecule has 5 heteroatoms. The third-order valence-corrected chi connectivity index (χ3v) is 5.54. The lowest BCUT2D eigenvalue weighted by Crippen LogP contribution is -2.36. The van der Waals surface area contributed by atoms with Crippen LogP contribution in [0.25, 0.3) is 0 Å². The van der Waals surface area contributed by atoms with Crippen LogP contribution in [0.2, 0.25) is 0 Å². The lowest BCUT2D eigenvalue weighted by Gasteiger charge is -2.24. The van der Waals surface area contributed by atoms with Gasteiger partial charge in [0.25, 0.3) is 0 Å². The highest BCUT2D eigenvalue weighted by molar-refractivity contribution is 7.89. The van der Waals surface area contributed by atoms with Crippen molar-refractivity contribution in [3.05, 3.63) is 29.8 Å². The molecule has 1 aliphatic carbocycles. The number of benzene rings is 1. The quantitative estimate of drug-likeness (QED) is 0.835. The number of hydrogen-bond acceptors (Lipinski definition) is 3. The van der Waals surface area contributed by atoms with Gasteiger partial charge in [-0.1, -0.05) is 12.1 Å². The number of sulfonamides is 1. The fourth-order valence-corrected chi connectivity index (χ4v) is 3.60. The molecule has 1 aliphatic rings. The average molecular weight is 264 g/mol. The Balaban J connectivity index is 2.38. The minimum absolute atomic E-state index is 0.0123. The molecule has 4 nitrogen and oxygen atoms in total. The van der Waals surface area contributed by atoms with Crippen molar-refractivity contribution < 1.29 is 8.42 Å². The Bertz CT molecular complexity index is 585. The van der Waals surface area contributed by atoms with Crippen molar-refractivity contribution in [2.45, 2.75) is 30.7 Å². The first-order valence-corrected chi connectivity index (χ1v) is 7.39. The highest BCUT2D eigenvalue weighted by atomic mass is 32.2. The van der Waals surface area contributed by atoms with Gasteiger partial charge in [-0.2, -0.15) is 9.57 Å². The Kier molecular flexibility index (Phi) is 3.42. The average Bonchev–Trinajstić information content (AvgIpc) is 3.21. The minimum atomic E-state index is -3.58. The topological polar surface area (TPSA) is 61.2 Å². The summed E-state index contributed by atoms with van der Waals surface area (Å²) in [5.41, 5.74) is 0.201. The third kappa shape index (κ3) is 2.26. The SMILES string of the molecule is C[C@@H](C1CC1)N(C)S(=O)(=O)c1ccccc1C#N. The first-order valence-electron chi connectivity index (χ1n) is 5.95. The highest BCUT2D eigenvalue weighted by Crippen LogP contribution is 2.36. The van der Waals surface area contributed by atoms with Gasteiger partial charge in [-0.05, 0) is 37.8 Å². The molecule has 0 radical (unpaired) electrons. The monoisotopic (exact) mass is 264 g/mol. The molecule has 0 aliphatic heterocycles. The van der Waals surface area contributed by atoms with Crippen LogP contribution in [0.15, 0.2) is 29.2 Å². The standard InChI is InChI=1S/C13H16N2O2S/c1-10(11-7-8-11)15(2)18(16,17)13-6-4-3-5-12(13)9-14/h3-6,10-11H,7-8H2,1-2H3/t10-/m0/s1. The van der Waals surface area contributed by atoms with Crippen LogP contribution >= 0.6 is 0 Å². The van der Waals surface area contributed by atoms with E-state index >= 15 is 0 Å². The summed E-state index contributed by atoms with van der Waals surface area (Å²) in [7, 11) is -1.99. The van der Waals surface area contributed by atoms with Crippen LogP contribution < -0.4 is 0 Å². The van der Waals surface area contributed by atoms with E-state index in [2.05, 4.69) is 0 Å². The second-order valence-corrected chi connectivity index (χ2v) is 6.67. The largest absolute Gasteiger partial charge is 0.244 e. The maximum absolute atomic E-state index is 12.5. The fraction of sp³-hybridized carbons (Fsp3) is 0.462. The zero-order chi connectivity index (χ0) is 13.3. The van der Waals surface area contributed by atoms with Gasteiger partial charge in [-0.3, -0.25) is 0 Å². The van der Waals surface area contributed by atoms with Gasteiger partial charge < -0.3 is 0 Å². The molecule has 0 aromatic heterocycles. The van der Waals surface area contributed by atoms with Gasteiger partial charge in [0.05, 0.1) is 10.5 Å². The van der Waals surface area contributed by atoms with Gasteiger partial charge in [0.1, 0.15) is 6.07 Å². The van der Waals surface area contributed by atoms with Gasteiger partial charge in [-0.15, -0.1) is 0 Å². The second-order valence-electron chi connectivity index (χ2n) is 4.71. The molecule has 1 atom stereocenters. The molecule has 0 amide bonds. The van der Waals surface area contributed by atoms with Crippen LogP contribution in [0.4, 0.5) is 0 Å². The molecule has 0 N–H and O–H groups in total. The first-order chi connectivity index (χ1) is 8.48. The summed E-state index contributed by atoms with van der Waals surface area (Å²) >= 11 is 0. The summed E-state index contributed by atoms with van der Waals surface area (Å²) in [6.07, 6.45) is 2.17. The van der Waals surface area contributed by atoms with Crippen LogP contribution in [0, 0.1) is 17.2 Å². The molecule has 96 valence electrons. The highest BCUT2D eigenvalue weighted by Gasteiger charge is 2.36. The number of rotatable bonds is 4. The van der Waals surface area contributed by atoms with Crippen molar-refractivity contribution in [1.82, 2.24) is 4.31 Å². The molecule has 1 fully saturated rings. The smallest absolute Gasteiger partial charge is 0.207 e. The third-order valence-electron chi connectivity index (χ3n) is 3.54. The van der Waals surface area contributed by atoms with E-state index in [0.717, 1.165) is 12.8 Å². The summed E-state index contributed by atoms with van der Waals surface area (Å²) in [5.74, 6) is 0.457. The van der Waals surface area contributed by atoms with E-state index in [1.165, 1.54) is 16.4 Å². The van der Waals surface area contributed by atoms with Crippen molar-refractivity contribution in [1.29, 1.82) is 5.26 Å².